The molecule has 0 radical (unpaired) electrons. The van der Waals surface area contributed by atoms with Crippen LogP contribution < -0.4 is 14.4 Å². The maximum absolute atomic E-state index is 13.2. The number of ether oxygens (including phenoxy) is 2. The molecule has 1 fully saturated rings. The molecule has 2 heterocycles. The molecule has 0 saturated carbocycles. The van der Waals surface area contributed by atoms with E-state index in [4.69, 9.17) is 9.47 Å². The van der Waals surface area contributed by atoms with Gasteiger partial charge in [0, 0.05) is 17.4 Å². The highest BCUT2D eigenvalue weighted by Gasteiger charge is 2.47. The Labute approximate surface area is 198 Å². The maximum atomic E-state index is 13.2. The summed E-state index contributed by atoms with van der Waals surface area (Å²) in [6.45, 7) is 6.24. The van der Waals surface area contributed by atoms with Gasteiger partial charge in [-0.05, 0) is 81.4 Å². The predicted molar refractivity (Wildman–Crippen MR) is 129 cm³/mol. The van der Waals surface area contributed by atoms with Gasteiger partial charge in [-0.1, -0.05) is 6.07 Å². The number of aliphatic hydroxyl groups is 1. The number of carbonyl (C=O) groups is 2. The fourth-order valence-electron chi connectivity index (χ4n) is 3.91. The minimum atomic E-state index is -0.884. The van der Waals surface area contributed by atoms with Crippen molar-refractivity contribution in [3.8, 4) is 11.5 Å². The van der Waals surface area contributed by atoms with Crippen LogP contribution in [0.5, 0.6) is 11.5 Å². The summed E-state index contributed by atoms with van der Waals surface area (Å²) in [6.07, 6.45) is 1.59. The van der Waals surface area contributed by atoms with Gasteiger partial charge in [0.05, 0.1) is 24.0 Å². The topological polar surface area (TPSA) is 89.0 Å². The fraction of sp³-hybridized carbons (Fsp3) is 0.222. The zero-order valence-electron chi connectivity index (χ0n) is 19.3. The van der Waals surface area contributed by atoms with E-state index in [1.807, 2.05) is 20.8 Å². The summed E-state index contributed by atoms with van der Waals surface area (Å²) in [7, 11) is 0. The molecule has 1 aromatic heterocycles. The summed E-state index contributed by atoms with van der Waals surface area (Å²) < 4.78 is 11.1. The van der Waals surface area contributed by atoms with Crippen molar-refractivity contribution in [2.75, 3.05) is 11.5 Å². The van der Waals surface area contributed by atoms with Gasteiger partial charge >= 0.3 is 0 Å². The van der Waals surface area contributed by atoms with Crippen LogP contribution in [0.1, 0.15) is 38.1 Å². The molecule has 7 nitrogen and oxygen atoms in total. The van der Waals surface area contributed by atoms with Gasteiger partial charge in [-0.15, -0.1) is 0 Å². The largest absolute Gasteiger partial charge is 0.507 e. The Morgan fingerprint density at radius 2 is 1.68 bits per heavy atom. The van der Waals surface area contributed by atoms with Gasteiger partial charge in [0.1, 0.15) is 23.3 Å². The van der Waals surface area contributed by atoms with Crippen LogP contribution in [0.15, 0.2) is 78.5 Å². The van der Waals surface area contributed by atoms with Crippen molar-refractivity contribution in [1.29, 1.82) is 0 Å². The zero-order chi connectivity index (χ0) is 24.2. The molecule has 1 unspecified atom stereocenters. The summed E-state index contributed by atoms with van der Waals surface area (Å²) in [5.41, 5.74) is 1.36. The maximum Gasteiger partial charge on any atom is 0.300 e. The van der Waals surface area contributed by atoms with Crippen LogP contribution in [-0.2, 0) is 9.59 Å². The number of amides is 1. The average molecular weight is 459 g/mol. The van der Waals surface area contributed by atoms with Crippen molar-refractivity contribution < 1.29 is 24.2 Å². The Morgan fingerprint density at radius 3 is 2.26 bits per heavy atom. The molecule has 174 valence electrons. The van der Waals surface area contributed by atoms with Crippen LogP contribution in [0.25, 0.3) is 5.76 Å². The lowest BCUT2D eigenvalue weighted by molar-refractivity contribution is -0.132. The Bertz CT molecular complexity index is 1200. The second-order valence-corrected chi connectivity index (χ2v) is 8.04. The molecule has 1 aliphatic heterocycles. The molecule has 2 aromatic carbocycles. The number of aliphatic hydroxyl groups excluding tert-OH is 1. The fourth-order valence-corrected chi connectivity index (χ4v) is 3.91. The average Bonchev–Trinajstić information content (AvgIpc) is 3.10. The quantitative estimate of drug-likeness (QED) is 0.308. The second kappa shape index (κ2) is 9.79. The van der Waals surface area contributed by atoms with E-state index < -0.39 is 17.7 Å². The lowest BCUT2D eigenvalue weighted by atomic mass is 9.98. The van der Waals surface area contributed by atoms with Gasteiger partial charge < -0.3 is 14.6 Å². The number of rotatable bonds is 7. The molecule has 7 heteroatoms. The Morgan fingerprint density at radius 1 is 1.00 bits per heavy atom. The normalized spacial score (nSPS) is 17.3. The first-order valence-electron chi connectivity index (χ1n) is 11.1. The molecular weight excluding hydrogens is 432 g/mol. The minimum absolute atomic E-state index is 0.00282. The number of ketones is 1. The first-order chi connectivity index (χ1) is 16.4. The van der Waals surface area contributed by atoms with Gasteiger partial charge in [0.2, 0.25) is 0 Å². The van der Waals surface area contributed by atoms with Crippen molar-refractivity contribution in [3.05, 3.63) is 89.8 Å². The molecule has 1 atom stereocenters. The Kier molecular flexibility index (Phi) is 6.63. The minimum Gasteiger partial charge on any atom is -0.507 e. The monoisotopic (exact) mass is 458 g/mol. The van der Waals surface area contributed by atoms with Gasteiger partial charge in [-0.25, -0.2) is 0 Å². The van der Waals surface area contributed by atoms with Crippen LogP contribution >= 0.6 is 0 Å². The van der Waals surface area contributed by atoms with Crippen LogP contribution in [0, 0.1) is 0 Å². The summed E-state index contributed by atoms with van der Waals surface area (Å²) in [5.74, 6) is -0.479. The number of hydrogen-bond donors (Lipinski definition) is 1. The smallest absolute Gasteiger partial charge is 0.300 e. The van der Waals surface area contributed by atoms with Crippen LogP contribution in [0.2, 0.25) is 0 Å². The standard InChI is InChI=1S/C27H26N2O5/c1-4-33-20-14-10-19(11-15-20)29-24(22-7-5-6-16-28-22)23(26(31)27(29)32)25(30)18-8-12-21(13-9-18)34-17(2)3/h5-17,24,30H,4H2,1-3H3/b25-23-. The van der Waals surface area contributed by atoms with Gasteiger partial charge in [0.25, 0.3) is 11.7 Å². The number of nitrogens with zero attached hydrogens (tertiary/aromatic N) is 2. The van der Waals surface area contributed by atoms with Crippen molar-refractivity contribution in [2.45, 2.75) is 32.9 Å². The van der Waals surface area contributed by atoms with E-state index in [1.54, 1.807) is 72.9 Å². The Balaban J connectivity index is 1.81. The molecule has 0 aliphatic carbocycles. The molecular formula is C27H26N2O5. The van der Waals surface area contributed by atoms with Gasteiger partial charge in [0.15, 0.2) is 0 Å². The van der Waals surface area contributed by atoms with Crippen LogP contribution in [-0.4, -0.2) is 34.5 Å². The SMILES string of the molecule is CCOc1ccc(N2C(=O)C(=O)/C(=C(\O)c3ccc(OC(C)C)cc3)C2c2ccccn2)cc1. The highest BCUT2D eigenvalue weighted by molar-refractivity contribution is 6.51. The molecule has 0 bridgehead atoms. The Hall–Kier alpha value is -4.13. The molecule has 3 aromatic rings. The third kappa shape index (κ3) is 4.50. The lowest BCUT2D eigenvalue weighted by Gasteiger charge is -2.24. The van der Waals surface area contributed by atoms with E-state index in [0.29, 0.717) is 35.1 Å². The van der Waals surface area contributed by atoms with E-state index in [9.17, 15) is 14.7 Å². The summed E-state index contributed by atoms with van der Waals surface area (Å²) in [5, 5.41) is 11.2. The number of anilines is 1. The molecule has 1 N–H and O–H groups in total. The molecule has 1 saturated heterocycles. The highest BCUT2D eigenvalue weighted by Crippen LogP contribution is 2.41. The first-order valence-corrected chi connectivity index (χ1v) is 11.1. The van der Waals surface area contributed by atoms with E-state index in [0.717, 1.165) is 0 Å². The lowest BCUT2D eigenvalue weighted by Crippen LogP contribution is -2.29. The molecule has 4 rings (SSSR count). The van der Waals surface area contributed by atoms with Crippen molar-refractivity contribution in [3.63, 3.8) is 0 Å². The molecule has 1 aliphatic rings. The molecule has 1 amide bonds. The van der Waals surface area contributed by atoms with E-state index in [2.05, 4.69) is 4.98 Å². The van der Waals surface area contributed by atoms with Crippen LogP contribution in [0.4, 0.5) is 5.69 Å². The predicted octanol–water partition coefficient (Wildman–Crippen LogP) is 4.89. The van der Waals surface area contributed by atoms with Gasteiger partial charge in [-0.3, -0.25) is 19.5 Å². The third-order valence-corrected chi connectivity index (χ3v) is 5.34. The summed E-state index contributed by atoms with van der Waals surface area (Å²) >= 11 is 0. The van der Waals surface area contributed by atoms with E-state index in [1.165, 1.54) is 4.90 Å². The number of carbonyl (C=O) groups excluding carboxylic acids is 2. The molecule has 34 heavy (non-hydrogen) atoms. The van der Waals surface area contributed by atoms with Crippen molar-refractivity contribution in [1.82, 2.24) is 4.98 Å². The third-order valence-electron chi connectivity index (χ3n) is 5.34. The van der Waals surface area contributed by atoms with Crippen LogP contribution in [0.3, 0.4) is 0 Å². The van der Waals surface area contributed by atoms with E-state index in [-0.39, 0.29) is 17.4 Å². The first kappa shape index (κ1) is 23.0. The zero-order valence-corrected chi connectivity index (χ0v) is 19.3. The number of hydrogen-bond acceptors (Lipinski definition) is 6. The number of benzene rings is 2. The summed E-state index contributed by atoms with van der Waals surface area (Å²) in [6, 6.07) is 18.0. The number of Topliss-reactive ketones (excluding diaryl/α,β-unsaturated/α-hetero) is 1. The number of aromatic nitrogens is 1. The number of pyridine rings is 1. The van der Waals surface area contributed by atoms with Crippen molar-refractivity contribution in [2.24, 2.45) is 0 Å². The summed E-state index contributed by atoms with van der Waals surface area (Å²) in [4.78, 5) is 32.1. The van der Waals surface area contributed by atoms with Crippen molar-refractivity contribution >= 4 is 23.1 Å². The molecule has 0 spiro atoms. The highest BCUT2D eigenvalue weighted by atomic mass is 16.5. The van der Waals surface area contributed by atoms with E-state index >= 15 is 0 Å². The second-order valence-electron chi connectivity index (χ2n) is 8.04. The van der Waals surface area contributed by atoms with Gasteiger partial charge in [-0.2, -0.15) is 0 Å².